The minimum Gasteiger partial charge on any atom is -0.339 e. The van der Waals surface area contributed by atoms with Crippen LogP contribution in [0.15, 0.2) is 22.7 Å². The molecule has 0 amide bonds. The van der Waals surface area contributed by atoms with Gasteiger partial charge in [-0.1, -0.05) is 23.7 Å². The summed E-state index contributed by atoms with van der Waals surface area (Å²) < 4.78 is 19.4. The van der Waals surface area contributed by atoms with Gasteiger partial charge in [-0.3, -0.25) is 0 Å². The summed E-state index contributed by atoms with van der Waals surface area (Å²) >= 11 is 0. The Morgan fingerprint density at radius 2 is 2.25 bits per heavy atom. The maximum absolute atomic E-state index is 14.1. The zero-order valence-corrected chi connectivity index (χ0v) is 11.5. The standard InChI is InChI=1S/C15H18FN3O/c1-9-4-2-7-12(13(9)16)14-18-15(20-19-14)11-6-3-5-10(11)8-17/h2,4,7,10-11H,3,5-6,8,17H2,1H3. The fraction of sp³-hybridized carbons (Fsp3) is 0.467. The molecule has 20 heavy (non-hydrogen) atoms. The second kappa shape index (κ2) is 5.32. The van der Waals surface area contributed by atoms with Crippen LogP contribution in [0.3, 0.4) is 0 Å². The number of aryl methyl sites for hydroxylation is 1. The summed E-state index contributed by atoms with van der Waals surface area (Å²) in [6.07, 6.45) is 3.24. The molecule has 0 radical (unpaired) electrons. The highest BCUT2D eigenvalue weighted by Crippen LogP contribution is 2.38. The van der Waals surface area contributed by atoms with Crippen LogP contribution in [0, 0.1) is 18.7 Å². The van der Waals surface area contributed by atoms with E-state index in [0.29, 0.717) is 35.3 Å². The molecule has 3 rings (SSSR count). The van der Waals surface area contributed by atoms with E-state index in [-0.39, 0.29) is 11.7 Å². The van der Waals surface area contributed by atoms with Gasteiger partial charge in [0.25, 0.3) is 0 Å². The molecule has 1 saturated carbocycles. The molecule has 1 aromatic carbocycles. The molecule has 2 aromatic rings. The van der Waals surface area contributed by atoms with Gasteiger partial charge >= 0.3 is 0 Å². The lowest BCUT2D eigenvalue weighted by Gasteiger charge is -2.12. The molecule has 0 saturated heterocycles. The van der Waals surface area contributed by atoms with Crippen molar-refractivity contribution in [1.82, 2.24) is 10.1 Å². The van der Waals surface area contributed by atoms with Crippen molar-refractivity contribution < 1.29 is 8.91 Å². The van der Waals surface area contributed by atoms with Crippen molar-refractivity contribution in [3.05, 3.63) is 35.5 Å². The lowest BCUT2D eigenvalue weighted by Crippen LogP contribution is -2.17. The van der Waals surface area contributed by atoms with Gasteiger partial charge in [-0.15, -0.1) is 0 Å². The van der Waals surface area contributed by atoms with E-state index in [9.17, 15) is 4.39 Å². The van der Waals surface area contributed by atoms with Gasteiger partial charge in [0.15, 0.2) is 0 Å². The molecule has 4 nitrogen and oxygen atoms in total. The quantitative estimate of drug-likeness (QED) is 0.935. The molecular weight excluding hydrogens is 257 g/mol. The van der Waals surface area contributed by atoms with Gasteiger partial charge in [0.2, 0.25) is 11.7 Å². The van der Waals surface area contributed by atoms with Crippen molar-refractivity contribution in [2.45, 2.75) is 32.1 Å². The molecule has 1 aromatic heterocycles. The topological polar surface area (TPSA) is 64.9 Å². The first-order valence-electron chi connectivity index (χ1n) is 7.00. The first-order chi connectivity index (χ1) is 9.70. The molecule has 1 aliphatic carbocycles. The second-order valence-corrected chi connectivity index (χ2v) is 5.43. The van der Waals surface area contributed by atoms with Crippen molar-refractivity contribution in [2.75, 3.05) is 6.54 Å². The van der Waals surface area contributed by atoms with Gasteiger partial charge in [0.1, 0.15) is 5.82 Å². The van der Waals surface area contributed by atoms with Crippen molar-refractivity contribution in [1.29, 1.82) is 0 Å². The maximum Gasteiger partial charge on any atom is 0.230 e. The number of aromatic nitrogens is 2. The molecule has 0 aliphatic heterocycles. The number of rotatable bonds is 3. The van der Waals surface area contributed by atoms with Gasteiger partial charge in [-0.2, -0.15) is 4.98 Å². The fourth-order valence-corrected chi connectivity index (χ4v) is 2.96. The van der Waals surface area contributed by atoms with E-state index in [2.05, 4.69) is 10.1 Å². The summed E-state index contributed by atoms with van der Waals surface area (Å²) in [6, 6.07) is 5.19. The van der Waals surface area contributed by atoms with Crippen LogP contribution in [0.1, 0.15) is 36.6 Å². The molecule has 1 aliphatic rings. The zero-order valence-electron chi connectivity index (χ0n) is 11.5. The Morgan fingerprint density at radius 3 is 3.05 bits per heavy atom. The van der Waals surface area contributed by atoms with Crippen molar-refractivity contribution in [2.24, 2.45) is 11.7 Å². The van der Waals surface area contributed by atoms with E-state index < -0.39 is 0 Å². The molecule has 0 bridgehead atoms. The summed E-state index contributed by atoms with van der Waals surface area (Å²) in [5, 5.41) is 3.93. The van der Waals surface area contributed by atoms with E-state index in [1.54, 1.807) is 25.1 Å². The first-order valence-corrected chi connectivity index (χ1v) is 7.00. The van der Waals surface area contributed by atoms with Crippen LogP contribution in [-0.4, -0.2) is 16.7 Å². The lowest BCUT2D eigenvalue weighted by molar-refractivity contribution is 0.326. The summed E-state index contributed by atoms with van der Waals surface area (Å²) in [7, 11) is 0. The van der Waals surface area contributed by atoms with Gasteiger partial charge in [-0.25, -0.2) is 4.39 Å². The van der Waals surface area contributed by atoms with Crippen LogP contribution in [0.4, 0.5) is 4.39 Å². The van der Waals surface area contributed by atoms with E-state index >= 15 is 0 Å². The fourth-order valence-electron chi connectivity index (χ4n) is 2.96. The number of hydrogen-bond donors (Lipinski definition) is 1. The third kappa shape index (κ3) is 2.22. The SMILES string of the molecule is Cc1cccc(-c2noc(C3CCCC3CN)n2)c1F. The summed E-state index contributed by atoms with van der Waals surface area (Å²) in [5.41, 5.74) is 6.74. The minimum atomic E-state index is -0.290. The first kappa shape index (κ1) is 13.2. The Balaban J connectivity index is 1.92. The molecule has 1 heterocycles. The average molecular weight is 275 g/mol. The molecule has 0 spiro atoms. The Hall–Kier alpha value is -1.75. The van der Waals surface area contributed by atoms with Crippen LogP contribution in [-0.2, 0) is 0 Å². The maximum atomic E-state index is 14.1. The highest BCUT2D eigenvalue weighted by atomic mass is 19.1. The summed E-state index contributed by atoms with van der Waals surface area (Å²) in [4.78, 5) is 4.39. The zero-order chi connectivity index (χ0) is 14.1. The molecule has 5 heteroatoms. The number of hydrogen-bond acceptors (Lipinski definition) is 4. The normalized spacial score (nSPS) is 22.4. The lowest BCUT2D eigenvalue weighted by atomic mass is 9.96. The third-order valence-corrected chi connectivity index (χ3v) is 4.15. The molecular formula is C15H18FN3O. The summed E-state index contributed by atoms with van der Waals surface area (Å²) in [5.74, 6) is 1.24. The van der Waals surface area contributed by atoms with E-state index in [1.165, 1.54) is 0 Å². The molecule has 2 atom stereocenters. The van der Waals surface area contributed by atoms with Crippen LogP contribution >= 0.6 is 0 Å². The summed E-state index contributed by atoms with van der Waals surface area (Å²) in [6.45, 7) is 2.35. The van der Waals surface area contributed by atoms with Crippen LogP contribution in [0.25, 0.3) is 11.4 Å². The monoisotopic (exact) mass is 275 g/mol. The van der Waals surface area contributed by atoms with Gasteiger partial charge in [0.05, 0.1) is 5.56 Å². The number of nitrogens with zero attached hydrogens (tertiary/aromatic N) is 2. The molecule has 2 N–H and O–H groups in total. The number of halogens is 1. The molecule has 1 fully saturated rings. The van der Waals surface area contributed by atoms with Crippen molar-refractivity contribution in [3.63, 3.8) is 0 Å². The Kier molecular flexibility index (Phi) is 3.53. The third-order valence-electron chi connectivity index (χ3n) is 4.15. The van der Waals surface area contributed by atoms with E-state index in [4.69, 9.17) is 10.3 Å². The number of benzene rings is 1. The highest BCUT2D eigenvalue weighted by molar-refractivity contribution is 5.56. The van der Waals surface area contributed by atoms with Crippen molar-refractivity contribution in [3.8, 4) is 11.4 Å². The molecule has 106 valence electrons. The number of nitrogens with two attached hydrogens (primary N) is 1. The van der Waals surface area contributed by atoms with Crippen LogP contribution in [0.5, 0.6) is 0 Å². The predicted molar refractivity (Wildman–Crippen MR) is 73.6 cm³/mol. The smallest absolute Gasteiger partial charge is 0.230 e. The Bertz CT molecular complexity index is 611. The van der Waals surface area contributed by atoms with Crippen LogP contribution in [0.2, 0.25) is 0 Å². The minimum absolute atomic E-state index is 0.217. The largest absolute Gasteiger partial charge is 0.339 e. The highest BCUT2D eigenvalue weighted by Gasteiger charge is 2.32. The predicted octanol–water partition coefficient (Wildman–Crippen LogP) is 3.03. The second-order valence-electron chi connectivity index (χ2n) is 5.43. The van der Waals surface area contributed by atoms with Gasteiger partial charge in [0, 0.05) is 5.92 Å². The molecule has 2 unspecified atom stereocenters. The average Bonchev–Trinajstić information content (AvgIpc) is 3.09. The Morgan fingerprint density at radius 1 is 1.40 bits per heavy atom. The van der Waals surface area contributed by atoms with Gasteiger partial charge < -0.3 is 10.3 Å². The van der Waals surface area contributed by atoms with Crippen molar-refractivity contribution >= 4 is 0 Å². The van der Waals surface area contributed by atoms with E-state index in [0.717, 1.165) is 19.3 Å². The van der Waals surface area contributed by atoms with Gasteiger partial charge in [-0.05, 0) is 43.9 Å². The Labute approximate surface area is 117 Å². The van der Waals surface area contributed by atoms with Crippen LogP contribution < -0.4 is 5.73 Å². The van der Waals surface area contributed by atoms with E-state index in [1.807, 2.05) is 0 Å².